The minimum Gasteiger partial charge on any atom is -0.481 e. The Morgan fingerprint density at radius 2 is 2.00 bits per heavy atom. The molecule has 1 amide bonds. The molecule has 3 N–H and O–H groups in total. The number of amides is 1. The van der Waals surface area contributed by atoms with Crippen LogP contribution in [0.25, 0.3) is 0 Å². The third-order valence-corrected chi connectivity index (χ3v) is 2.68. The summed E-state index contributed by atoms with van der Waals surface area (Å²) in [6.07, 6.45) is 0.403. The van der Waals surface area contributed by atoms with Crippen LogP contribution in [0.2, 0.25) is 0 Å². The van der Waals surface area contributed by atoms with Gasteiger partial charge in [-0.2, -0.15) is 0 Å². The van der Waals surface area contributed by atoms with E-state index in [4.69, 9.17) is 10.5 Å². The maximum atomic E-state index is 11.3. The molecule has 0 fully saturated rings. The van der Waals surface area contributed by atoms with Gasteiger partial charge in [0.15, 0.2) is 6.10 Å². The predicted molar refractivity (Wildman–Crippen MR) is 67.8 cm³/mol. The van der Waals surface area contributed by atoms with Crippen molar-refractivity contribution < 1.29 is 9.53 Å². The van der Waals surface area contributed by atoms with Gasteiger partial charge in [-0.15, -0.1) is 0 Å². The molecular formula is C13H20N2O2. The Bertz CT molecular complexity index is 362. The molecule has 4 heteroatoms. The smallest absolute Gasteiger partial charge is 0.260 e. The van der Waals surface area contributed by atoms with Crippen LogP contribution in [0, 0.1) is 0 Å². The van der Waals surface area contributed by atoms with Crippen molar-refractivity contribution in [3.05, 3.63) is 29.8 Å². The third kappa shape index (κ3) is 3.75. The summed E-state index contributed by atoms with van der Waals surface area (Å²) in [5.41, 5.74) is 6.99. The first-order valence-electron chi connectivity index (χ1n) is 5.82. The minimum atomic E-state index is -0.495. The summed E-state index contributed by atoms with van der Waals surface area (Å²) in [4.78, 5) is 11.3. The quantitative estimate of drug-likeness (QED) is 0.816. The van der Waals surface area contributed by atoms with Crippen LogP contribution in [0.4, 0.5) is 0 Å². The van der Waals surface area contributed by atoms with Crippen molar-refractivity contribution >= 4 is 5.91 Å². The van der Waals surface area contributed by atoms with Crippen molar-refractivity contribution in [2.45, 2.75) is 32.4 Å². The van der Waals surface area contributed by atoms with E-state index >= 15 is 0 Å². The van der Waals surface area contributed by atoms with Crippen LogP contribution in [0.1, 0.15) is 31.9 Å². The van der Waals surface area contributed by atoms with Crippen molar-refractivity contribution in [2.24, 2.45) is 5.73 Å². The average Bonchev–Trinajstić information content (AvgIpc) is 2.37. The van der Waals surface area contributed by atoms with E-state index in [2.05, 4.69) is 5.32 Å². The van der Waals surface area contributed by atoms with Gasteiger partial charge in [0.05, 0.1) is 0 Å². The zero-order chi connectivity index (χ0) is 12.8. The number of hydrogen-bond acceptors (Lipinski definition) is 3. The molecule has 0 bridgehead atoms. The molecule has 0 saturated heterocycles. The molecule has 17 heavy (non-hydrogen) atoms. The number of benzene rings is 1. The highest BCUT2D eigenvalue weighted by Gasteiger charge is 2.12. The van der Waals surface area contributed by atoms with Crippen LogP contribution >= 0.6 is 0 Å². The summed E-state index contributed by atoms with van der Waals surface area (Å²) in [6, 6.07) is 7.59. The zero-order valence-corrected chi connectivity index (χ0v) is 10.6. The Labute approximate surface area is 102 Å². The molecule has 0 aromatic heterocycles. The second kappa shape index (κ2) is 6.25. The van der Waals surface area contributed by atoms with Gasteiger partial charge in [0, 0.05) is 13.1 Å². The normalized spacial score (nSPS) is 13.9. The molecule has 0 heterocycles. The molecule has 4 nitrogen and oxygen atoms in total. The summed E-state index contributed by atoms with van der Waals surface area (Å²) < 4.78 is 5.48. The Morgan fingerprint density at radius 1 is 1.41 bits per heavy atom. The summed E-state index contributed by atoms with van der Waals surface area (Å²) in [5.74, 6) is 0.535. The molecule has 1 aromatic carbocycles. The number of hydrogen-bond donors (Lipinski definition) is 2. The highest BCUT2D eigenvalue weighted by molar-refractivity contribution is 5.80. The molecule has 2 atom stereocenters. The molecule has 0 aliphatic rings. The number of likely N-dealkylation sites (N-methyl/N-ethyl adjacent to an activating group) is 1. The first-order valence-corrected chi connectivity index (χ1v) is 5.82. The molecule has 0 radical (unpaired) electrons. The third-order valence-electron chi connectivity index (χ3n) is 2.68. The standard InChI is InChI=1S/C13H20N2O2/c1-4-12(14)10-5-7-11(8-6-10)17-9(2)13(16)15-3/h5-9,12H,4,14H2,1-3H3,(H,15,16)/t9?,12-/m0/s1. The van der Waals surface area contributed by atoms with Gasteiger partial charge in [-0.25, -0.2) is 0 Å². The lowest BCUT2D eigenvalue weighted by atomic mass is 10.1. The van der Waals surface area contributed by atoms with Crippen molar-refractivity contribution in [1.82, 2.24) is 5.32 Å². The fourth-order valence-electron chi connectivity index (χ4n) is 1.49. The number of carbonyl (C=O) groups excluding carboxylic acids is 1. The predicted octanol–water partition coefficient (Wildman–Crippen LogP) is 1.61. The lowest BCUT2D eigenvalue weighted by Gasteiger charge is -2.14. The van der Waals surface area contributed by atoms with E-state index in [0.29, 0.717) is 5.75 Å². The Balaban J connectivity index is 2.65. The second-order valence-electron chi connectivity index (χ2n) is 3.96. The van der Waals surface area contributed by atoms with Crippen LogP contribution in [0.5, 0.6) is 5.75 Å². The van der Waals surface area contributed by atoms with Gasteiger partial charge >= 0.3 is 0 Å². The number of carbonyl (C=O) groups is 1. The van der Waals surface area contributed by atoms with Crippen molar-refractivity contribution in [1.29, 1.82) is 0 Å². The molecular weight excluding hydrogens is 216 g/mol. The average molecular weight is 236 g/mol. The number of ether oxygens (including phenoxy) is 1. The van der Waals surface area contributed by atoms with E-state index < -0.39 is 6.10 Å². The van der Waals surface area contributed by atoms with Crippen LogP contribution in [0.3, 0.4) is 0 Å². The van der Waals surface area contributed by atoms with E-state index in [0.717, 1.165) is 12.0 Å². The first kappa shape index (κ1) is 13.5. The highest BCUT2D eigenvalue weighted by Crippen LogP contribution is 2.19. The van der Waals surface area contributed by atoms with Crippen LogP contribution in [0.15, 0.2) is 24.3 Å². The Hall–Kier alpha value is -1.55. The molecule has 1 rings (SSSR count). The zero-order valence-electron chi connectivity index (χ0n) is 10.6. The van der Waals surface area contributed by atoms with Crippen molar-refractivity contribution in [3.8, 4) is 5.75 Å². The van der Waals surface area contributed by atoms with Crippen LogP contribution in [-0.4, -0.2) is 19.1 Å². The van der Waals surface area contributed by atoms with Gasteiger partial charge < -0.3 is 15.8 Å². The molecule has 94 valence electrons. The molecule has 0 aliphatic heterocycles. The van der Waals surface area contributed by atoms with Gasteiger partial charge in [0.25, 0.3) is 5.91 Å². The fraction of sp³-hybridized carbons (Fsp3) is 0.462. The van der Waals surface area contributed by atoms with Crippen molar-refractivity contribution in [2.75, 3.05) is 7.05 Å². The minimum absolute atomic E-state index is 0.0559. The van der Waals surface area contributed by atoms with E-state index in [9.17, 15) is 4.79 Å². The highest BCUT2D eigenvalue weighted by atomic mass is 16.5. The second-order valence-corrected chi connectivity index (χ2v) is 3.96. The monoisotopic (exact) mass is 236 g/mol. The van der Waals surface area contributed by atoms with E-state index in [1.165, 1.54) is 0 Å². The van der Waals surface area contributed by atoms with Gasteiger partial charge in [-0.3, -0.25) is 4.79 Å². The van der Waals surface area contributed by atoms with Crippen LogP contribution in [-0.2, 0) is 4.79 Å². The van der Waals surface area contributed by atoms with Crippen LogP contribution < -0.4 is 15.8 Å². The van der Waals surface area contributed by atoms with Crippen molar-refractivity contribution in [3.63, 3.8) is 0 Å². The molecule has 1 unspecified atom stereocenters. The maximum Gasteiger partial charge on any atom is 0.260 e. The summed E-state index contributed by atoms with van der Waals surface area (Å²) in [5, 5.41) is 2.54. The SMILES string of the molecule is CC[C@H](N)c1ccc(OC(C)C(=O)NC)cc1. The lowest BCUT2D eigenvalue weighted by Crippen LogP contribution is -2.33. The fourth-order valence-corrected chi connectivity index (χ4v) is 1.49. The first-order chi connectivity index (χ1) is 8.08. The molecule has 1 aromatic rings. The van der Waals surface area contributed by atoms with Gasteiger partial charge in [0.2, 0.25) is 0 Å². The summed E-state index contributed by atoms with van der Waals surface area (Å²) in [7, 11) is 1.59. The Morgan fingerprint density at radius 3 is 2.47 bits per heavy atom. The van der Waals surface area contributed by atoms with Gasteiger partial charge in [0.1, 0.15) is 5.75 Å². The molecule has 0 aliphatic carbocycles. The largest absolute Gasteiger partial charge is 0.481 e. The lowest BCUT2D eigenvalue weighted by molar-refractivity contribution is -0.126. The van der Waals surface area contributed by atoms with E-state index in [-0.39, 0.29) is 11.9 Å². The maximum absolute atomic E-state index is 11.3. The summed E-state index contributed by atoms with van der Waals surface area (Å²) in [6.45, 7) is 3.76. The van der Waals surface area contributed by atoms with Gasteiger partial charge in [-0.1, -0.05) is 19.1 Å². The van der Waals surface area contributed by atoms with Gasteiger partial charge in [-0.05, 0) is 31.0 Å². The Kier molecular flexibility index (Phi) is 4.97. The number of nitrogens with one attached hydrogen (secondary N) is 1. The van der Waals surface area contributed by atoms with E-state index in [1.54, 1.807) is 14.0 Å². The van der Waals surface area contributed by atoms with E-state index in [1.807, 2.05) is 31.2 Å². The molecule has 0 saturated carbocycles. The molecule has 0 spiro atoms. The topological polar surface area (TPSA) is 64.3 Å². The number of nitrogens with two attached hydrogens (primary N) is 1. The summed E-state index contributed by atoms with van der Waals surface area (Å²) >= 11 is 0. The number of rotatable bonds is 5.